The molecule has 4 nitrogen and oxygen atoms in total. The Labute approximate surface area is 122 Å². The lowest BCUT2D eigenvalue weighted by Crippen LogP contribution is -2.27. The van der Waals surface area contributed by atoms with Crippen molar-refractivity contribution in [3.05, 3.63) is 50.1 Å². The molecule has 2 rings (SSSR count). The summed E-state index contributed by atoms with van der Waals surface area (Å²) >= 11 is 4.68. The van der Waals surface area contributed by atoms with E-state index in [1.54, 1.807) is 13.0 Å². The largest absolute Gasteiger partial charge is 0.280 e. The molecule has 1 aromatic carbocycles. The van der Waals surface area contributed by atoms with Gasteiger partial charge >= 0.3 is 0 Å². The summed E-state index contributed by atoms with van der Waals surface area (Å²) in [5, 5.41) is 8.28. The van der Waals surface area contributed by atoms with Crippen molar-refractivity contribution in [1.82, 2.24) is 14.8 Å². The van der Waals surface area contributed by atoms with Gasteiger partial charge < -0.3 is 0 Å². The number of hydrogen-bond donors (Lipinski definition) is 0. The van der Waals surface area contributed by atoms with Gasteiger partial charge in [0.15, 0.2) is 5.16 Å². The third-order valence-electron chi connectivity index (χ3n) is 2.59. The van der Waals surface area contributed by atoms with Crippen molar-refractivity contribution in [3.8, 4) is 0 Å². The van der Waals surface area contributed by atoms with E-state index in [0.29, 0.717) is 16.4 Å². The molecule has 0 aliphatic rings. The third-order valence-corrected chi connectivity index (χ3v) is 4.03. The van der Waals surface area contributed by atoms with Gasteiger partial charge in [0.1, 0.15) is 11.5 Å². The molecule has 0 saturated heterocycles. The number of halogens is 2. The van der Waals surface area contributed by atoms with Gasteiger partial charge in [-0.25, -0.2) is 4.39 Å². The fraction of sp³-hybridized carbons (Fsp3) is 0.250. The van der Waals surface area contributed by atoms with E-state index >= 15 is 0 Å². The summed E-state index contributed by atoms with van der Waals surface area (Å²) in [6.07, 6.45) is 1.82. The molecule has 1 heterocycles. The first-order chi connectivity index (χ1) is 9.02. The van der Waals surface area contributed by atoms with Crippen LogP contribution in [-0.2, 0) is 6.54 Å². The summed E-state index contributed by atoms with van der Waals surface area (Å²) < 4.78 is 15.5. The molecule has 0 bridgehead atoms. The van der Waals surface area contributed by atoms with Crippen molar-refractivity contribution in [2.75, 3.05) is 6.26 Å². The lowest BCUT2D eigenvalue weighted by atomic mass is 10.2. The van der Waals surface area contributed by atoms with E-state index in [2.05, 4.69) is 26.1 Å². The average Bonchev–Trinajstić information content (AvgIpc) is 2.39. The van der Waals surface area contributed by atoms with Crippen LogP contribution in [0.1, 0.15) is 11.3 Å². The molecule has 0 aliphatic carbocycles. The monoisotopic (exact) mass is 343 g/mol. The predicted octanol–water partition coefficient (Wildman–Crippen LogP) is 2.62. The quantitative estimate of drug-likeness (QED) is 0.803. The molecule has 0 fully saturated rings. The minimum Gasteiger partial charge on any atom is -0.280 e. The van der Waals surface area contributed by atoms with Gasteiger partial charge in [-0.2, -0.15) is 0 Å². The second-order valence-electron chi connectivity index (χ2n) is 3.90. The van der Waals surface area contributed by atoms with E-state index in [9.17, 15) is 9.18 Å². The molecule has 19 heavy (non-hydrogen) atoms. The van der Waals surface area contributed by atoms with Gasteiger partial charge in [0.2, 0.25) is 0 Å². The van der Waals surface area contributed by atoms with Crippen molar-refractivity contribution in [3.63, 3.8) is 0 Å². The first-order valence-electron chi connectivity index (χ1n) is 5.45. The van der Waals surface area contributed by atoms with E-state index in [4.69, 9.17) is 0 Å². The van der Waals surface area contributed by atoms with Crippen LogP contribution in [0.3, 0.4) is 0 Å². The molecule has 2 aromatic rings. The summed E-state index contributed by atoms with van der Waals surface area (Å²) in [5.41, 5.74) is 0.797. The minimum absolute atomic E-state index is 0.212. The smallest absolute Gasteiger partial charge is 0.276 e. The van der Waals surface area contributed by atoms with Crippen LogP contribution < -0.4 is 5.56 Å². The number of nitrogens with zero attached hydrogens (tertiary/aromatic N) is 3. The van der Waals surface area contributed by atoms with E-state index in [-0.39, 0.29) is 17.9 Å². The van der Waals surface area contributed by atoms with Gasteiger partial charge in [-0.15, -0.1) is 10.2 Å². The molecule has 100 valence electrons. The summed E-state index contributed by atoms with van der Waals surface area (Å²) in [4.78, 5) is 12.1. The average molecular weight is 344 g/mol. The Bertz CT molecular complexity index is 675. The van der Waals surface area contributed by atoms with Crippen LogP contribution in [0, 0.1) is 12.7 Å². The summed E-state index contributed by atoms with van der Waals surface area (Å²) in [6, 6.07) is 4.38. The highest BCUT2D eigenvalue weighted by molar-refractivity contribution is 9.10. The zero-order chi connectivity index (χ0) is 14.0. The van der Waals surface area contributed by atoms with Crippen LogP contribution in [-0.4, -0.2) is 21.0 Å². The molecule has 0 N–H and O–H groups in total. The summed E-state index contributed by atoms with van der Waals surface area (Å²) in [5.74, 6) is -0.337. The first kappa shape index (κ1) is 14.2. The van der Waals surface area contributed by atoms with Gasteiger partial charge in [-0.1, -0.05) is 27.7 Å². The van der Waals surface area contributed by atoms with Gasteiger partial charge in [-0.3, -0.25) is 9.36 Å². The first-order valence-corrected chi connectivity index (χ1v) is 7.46. The van der Waals surface area contributed by atoms with Crippen LogP contribution in [0.4, 0.5) is 4.39 Å². The Morgan fingerprint density at radius 1 is 1.42 bits per heavy atom. The molecule has 1 aromatic heterocycles. The van der Waals surface area contributed by atoms with Crippen molar-refractivity contribution in [2.24, 2.45) is 0 Å². The summed E-state index contributed by atoms with van der Waals surface area (Å²) in [7, 11) is 0. The highest BCUT2D eigenvalue weighted by atomic mass is 79.9. The zero-order valence-electron chi connectivity index (χ0n) is 10.4. The number of aryl methyl sites for hydroxylation is 1. The van der Waals surface area contributed by atoms with Crippen molar-refractivity contribution < 1.29 is 4.39 Å². The Hall–Kier alpha value is -1.21. The van der Waals surface area contributed by atoms with Crippen LogP contribution in [0.2, 0.25) is 0 Å². The van der Waals surface area contributed by atoms with Crippen molar-refractivity contribution in [1.29, 1.82) is 0 Å². The second-order valence-corrected chi connectivity index (χ2v) is 5.53. The number of thioether (sulfide) groups is 1. The molecule has 0 amide bonds. The molecule has 0 aliphatic heterocycles. The Morgan fingerprint density at radius 2 is 2.16 bits per heavy atom. The molecule has 7 heteroatoms. The standard InChI is InChI=1S/C12H11BrFN3OS/c1-7-11(18)17(12(19-2)16-15-7)6-8-5-9(14)3-4-10(8)13/h3-5H,6H2,1-2H3. The van der Waals surface area contributed by atoms with E-state index in [0.717, 1.165) is 4.47 Å². The van der Waals surface area contributed by atoms with E-state index in [1.165, 1.54) is 28.5 Å². The Balaban J connectivity index is 2.51. The lowest BCUT2D eigenvalue weighted by molar-refractivity contribution is 0.590. The van der Waals surface area contributed by atoms with Gasteiger partial charge in [-0.05, 0) is 36.9 Å². The minimum atomic E-state index is -0.337. The van der Waals surface area contributed by atoms with E-state index in [1.807, 2.05) is 6.26 Å². The van der Waals surface area contributed by atoms with Crippen LogP contribution in [0.25, 0.3) is 0 Å². The predicted molar refractivity (Wildman–Crippen MR) is 76.0 cm³/mol. The van der Waals surface area contributed by atoms with Gasteiger partial charge in [0.05, 0.1) is 6.54 Å². The third kappa shape index (κ3) is 3.03. The Kier molecular flexibility index (Phi) is 4.36. The number of rotatable bonds is 3. The second kappa shape index (κ2) is 5.83. The normalized spacial score (nSPS) is 10.7. The Morgan fingerprint density at radius 3 is 2.84 bits per heavy atom. The molecular formula is C12H11BrFN3OS. The number of aromatic nitrogens is 3. The maximum Gasteiger partial charge on any atom is 0.276 e. The maximum absolute atomic E-state index is 13.3. The molecule has 0 saturated carbocycles. The molecule has 0 radical (unpaired) electrons. The highest BCUT2D eigenvalue weighted by Gasteiger charge is 2.11. The number of hydrogen-bond acceptors (Lipinski definition) is 4. The fourth-order valence-electron chi connectivity index (χ4n) is 1.62. The number of benzene rings is 1. The van der Waals surface area contributed by atoms with Crippen molar-refractivity contribution >= 4 is 27.7 Å². The van der Waals surface area contributed by atoms with Gasteiger partial charge in [0.25, 0.3) is 5.56 Å². The summed E-state index contributed by atoms with van der Waals surface area (Å²) in [6.45, 7) is 1.86. The topological polar surface area (TPSA) is 47.8 Å². The zero-order valence-corrected chi connectivity index (χ0v) is 12.8. The highest BCUT2D eigenvalue weighted by Crippen LogP contribution is 2.20. The molecular weight excluding hydrogens is 333 g/mol. The van der Waals surface area contributed by atoms with Crippen LogP contribution in [0.15, 0.2) is 32.6 Å². The SMILES string of the molecule is CSc1nnc(C)c(=O)n1Cc1cc(F)ccc1Br. The maximum atomic E-state index is 13.3. The molecule has 0 atom stereocenters. The fourth-order valence-corrected chi connectivity index (χ4v) is 2.48. The van der Waals surface area contributed by atoms with Gasteiger partial charge in [0, 0.05) is 4.47 Å². The molecule has 0 spiro atoms. The molecule has 0 unspecified atom stereocenters. The lowest BCUT2D eigenvalue weighted by Gasteiger charge is -2.11. The van der Waals surface area contributed by atoms with E-state index < -0.39 is 0 Å². The van der Waals surface area contributed by atoms with Crippen LogP contribution >= 0.6 is 27.7 Å². The van der Waals surface area contributed by atoms with Crippen molar-refractivity contribution in [2.45, 2.75) is 18.6 Å². The van der Waals surface area contributed by atoms with Crippen LogP contribution in [0.5, 0.6) is 0 Å².